The van der Waals surface area contributed by atoms with E-state index in [1.165, 1.54) is 7.11 Å². The zero-order valence-electron chi connectivity index (χ0n) is 11.9. The van der Waals surface area contributed by atoms with Gasteiger partial charge in [0.2, 0.25) is 6.43 Å². The van der Waals surface area contributed by atoms with Crippen LogP contribution in [0.3, 0.4) is 0 Å². The van der Waals surface area contributed by atoms with Crippen LogP contribution < -0.4 is 4.74 Å². The van der Waals surface area contributed by atoms with Gasteiger partial charge in [-0.1, -0.05) is 32.9 Å². The molecule has 0 radical (unpaired) electrons. The molecule has 0 aromatic heterocycles. The lowest BCUT2D eigenvalue weighted by atomic mass is 9.72. The van der Waals surface area contributed by atoms with E-state index in [0.717, 1.165) is 0 Å². The average molecular weight is 272 g/mol. The highest BCUT2D eigenvalue weighted by atomic mass is 19.3. The van der Waals surface area contributed by atoms with Gasteiger partial charge in [-0.05, 0) is 30.0 Å². The van der Waals surface area contributed by atoms with Crippen LogP contribution in [0, 0.1) is 11.8 Å². The lowest BCUT2D eigenvalue weighted by molar-refractivity contribution is -0.121. The van der Waals surface area contributed by atoms with E-state index in [4.69, 9.17) is 4.74 Å². The predicted molar refractivity (Wildman–Crippen MR) is 71.5 cm³/mol. The summed E-state index contributed by atoms with van der Waals surface area (Å²) in [5, 5.41) is 10.8. The maximum Gasteiger partial charge on any atom is 0.244 e. The normalized spacial score (nSPS) is 16.5. The first kappa shape index (κ1) is 15.9. The molecule has 0 aliphatic rings. The first-order chi connectivity index (χ1) is 8.87. The summed E-state index contributed by atoms with van der Waals surface area (Å²) >= 11 is 0. The Labute approximate surface area is 113 Å². The van der Waals surface area contributed by atoms with Gasteiger partial charge in [-0.25, -0.2) is 8.78 Å². The fraction of sp³-hybridized carbons (Fsp3) is 0.600. The highest BCUT2D eigenvalue weighted by Gasteiger charge is 2.45. The van der Waals surface area contributed by atoms with Crippen LogP contribution in [0.1, 0.15) is 32.8 Å². The third-order valence-electron chi connectivity index (χ3n) is 3.74. The number of alkyl halides is 2. The number of hydrogen-bond donors (Lipinski definition) is 1. The Morgan fingerprint density at radius 3 is 2.05 bits per heavy atom. The molecule has 1 N–H and O–H groups in total. The number of aliphatic hydroxyl groups is 1. The van der Waals surface area contributed by atoms with E-state index in [-0.39, 0.29) is 12.3 Å². The van der Waals surface area contributed by atoms with E-state index in [1.54, 1.807) is 45.0 Å². The number of halogens is 2. The molecule has 0 fully saturated rings. The van der Waals surface area contributed by atoms with Crippen molar-refractivity contribution in [3.05, 3.63) is 29.8 Å². The van der Waals surface area contributed by atoms with Crippen LogP contribution in [-0.4, -0.2) is 18.6 Å². The van der Waals surface area contributed by atoms with E-state index >= 15 is 0 Å². The fourth-order valence-electron chi connectivity index (χ4n) is 2.52. The van der Waals surface area contributed by atoms with Crippen LogP contribution in [0.5, 0.6) is 5.75 Å². The molecule has 2 unspecified atom stereocenters. The number of rotatable bonds is 6. The second-order valence-corrected chi connectivity index (χ2v) is 5.06. The maximum absolute atomic E-state index is 13.2. The molecular weight excluding hydrogens is 250 g/mol. The summed E-state index contributed by atoms with van der Waals surface area (Å²) in [6.45, 7) is 5.19. The van der Waals surface area contributed by atoms with Gasteiger partial charge in [0.1, 0.15) is 11.4 Å². The molecule has 108 valence electrons. The van der Waals surface area contributed by atoms with Crippen LogP contribution in [0.2, 0.25) is 0 Å². The first-order valence-corrected chi connectivity index (χ1v) is 6.52. The summed E-state index contributed by atoms with van der Waals surface area (Å²) in [6.07, 6.45) is -2.34. The average Bonchev–Trinajstić information content (AvgIpc) is 2.38. The van der Waals surface area contributed by atoms with Gasteiger partial charge in [0.15, 0.2) is 0 Å². The number of benzene rings is 1. The Balaban J connectivity index is 3.23. The smallest absolute Gasteiger partial charge is 0.244 e. The third kappa shape index (κ3) is 3.06. The molecule has 2 atom stereocenters. The van der Waals surface area contributed by atoms with Crippen LogP contribution in [0.25, 0.3) is 0 Å². The monoisotopic (exact) mass is 272 g/mol. The molecule has 0 spiro atoms. The molecule has 19 heavy (non-hydrogen) atoms. The van der Waals surface area contributed by atoms with Crippen molar-refractivity contribution < 1.29 is 18.6 Å². The molecule has 1 aromatic carbocycles. The zero-order valence-corrected chi connectivity index (χ0v) is 11.9. The Morgan fingerprint density at radius 2 is 1.74 bits per heavy atom. The van der Waals surface area contributed by atoms with Crippen molar-refractivity contribution in [3.8, 4) is 5.75 Å². The highest BCUT2D eigenvalue weighted by Crippen LogP contribution is 2.42. The Kier molecular flexibility index (Phi) is 5.29. The molecule has 1 rings (SSSR count). The zero-order chi connectivity index (χ0) is 14.6. The van der Waals surface area contributed by atoms with Gasteiger partial charge < -0.3 is 9.84 Å². The first-order valence-electron chi connectivity index (χ1n) is 6.52. The molecular formula is C15H22F2O2. The van der Waals surface area contributed by atoms with E-state index < -0.39 is 17.9 Å². The van der Waals surface area contributed by atoms with E-state index in [1.807, 2.05) is 0 Å². The van der Waals surface area contributed by atoms with Crippen molar-refractivity contribution >= 4 is 0 Å². The topological polar surface area (TPSA) is 29.5 Å². The van der Waals surface area contributed by atoms with Crippen molar-refractivity contribution in [1.29, 1.82) is 0 Å². The van der Waals surface area contributed by atoms with E-state index in [2.05, 4.69) is 0 Å². The number of hydrogen-bond acceptors (Lipinski definition) is 2. The fourth-order valence-corrected chi connectivity index (χ4v) is 2.52. The lowest BCUT2D eigenvalue weighted by Gasteiger charge is -2.39. The molecule has 0 aliphatic heterocycles. The molecule has 0 saturated carbocycles. The van der Waals surface area contributed by atoms with Crippen LogP contribution >= 0.6 is 0 Å². The van der Waals surface area contributed by atoms with Crippen molar-refractivity contribution in [1.82, 2.24) is 0 Å². The molecule has 0 aliphatic carbocycles. The molecule has 1 aromatic rings. The van der Waals surface area contributed by atoms with Crippen molar-refractivity contribution in [2.75, 3.05) is 7.11 Å². The van der Waals surface area contributed by atoms with Gasteiger partial charge in [-0.15, -0.1) is 0 Å². The minimum atomic E-state index is -2.56. The summed E-state index contributed by atoms with van der Waals surface area (Å²) in [5.74, 6) is -0.749. The Morgan fingerprint density at radius 1 is 1.21 bits per heavy atom. The molecule has 2 nitrogen and oxygen atoms in total. The molecule has 0 amide bonds. The maximum atomic E-state index is 13.2. The quantitative estimate of drug-likeness (QED) is 0.852. The second-order valence-electron chi connectivity index (χ2n) is 5.06. The Bertz CT molecular complexity index is 390. The molecule has 0 heterocycles. The largest absolute Gasteiger partial charge is 0.497 e. The summed E-state index contributed by atoms with van der Waals surface area (Å²) in [5.41, 5.74) is -1.02. The van der Waals surface area contributed by atoms with Crippen LogP contribution in [-0.2, 0) is 5.60 Å². The summed E-state index contributed by atoms with van der Waals surface area (Å²) < 4.78 is 31.5. The summed E-state index contributed by atoms with van der Waals surface area (Å²) in [7, 11) is 1.54. The van der Waals surface area contributed by atoms with E-state index in [0.29, 0.717) is 11.3 Å². The van der Waals surface area contributed by atoms with Gasteiger partial charge in [-0.2, -0.15) is 0 Å². The van der Waals surface area contributed by atoms with Crippen molar-refractivity contribution in [3.63, 3.8) is 0 Å². The lowest BCUT2D eigenvalue weighted by Crippen LogP contribution is -2.43. The SMILES string of the molecule is CCC(C(F)F)C(O)(c1ccc(OC)cc1)C(C)C. The number of methoxy groups -OCH3 is 1. The minimum Gasteiger partial charge on any atom is -0.497 e. The van der Waals surface area contributed by atoms with Crippen molar-refractivity contribution in [2.45, 2.75) is 39.2 Å². The Hall–Kier alpha value is -1.16. The van der Waals surface area contributed by atoms with Crippen LogP contribution in [0.15, 0.2) is 24.3 Å². The summed E-state index contributed by atoms with van der Waals surface area (Å²) in [4.78, 5) is 0. The molecule has 4 heteroatoms. The minimum absolute atomic E-state index is 0.221. The van der Waals surface area contributed by atoms with Crippen LogP contribution in [0.4, 0.5) is 8.78 Å². The van der Waals surface area contributed by atoms with E-state index in [9.17, 15) is 13.9 Å². The van der Waals surface area contributed by atoms with Gasteiger partial charge in [0, 0.05) is 0 Å². The van der Waals surface area contributed by atoms with Gasteiger partial charge in [-0.3, -0.25) is 0 Å². The molecule has 0 saturated heterocycles. The molecule has 0 bridgehead atoms. The highest BCUT2D eigenvalue weighted by molar-refractivity contribution is 5.32. The van der Waals surface area contributed by atoms with Gasteiger partial charge in [0.05, 0.1) is 13.0 Å². The summed E-state index contributed by atoms with van der Waals surface area (Å²) in [6, 6.07) is 6.68. The van der Waals surface area contributed by atoms with Gasteiger partial charge in [0.25, 0.3) is 0 Å². The number of ether oxygens (including phenoxy) is 1. The van der Waals surface area contributed by atoms with Gasteiger partial charge >= 0.3 is 0 Å². The standard InChI is InChI=1S/C15H22F2O2/c1-5-13(14(16)17)15(18,10(2)3)11-6-8-12(19-4)9-7-11/h6-10,13-14,18H,5H2,1-4H3. The third-order valence-corrected chi connectivity index (χ3v) is 3.74. The predicted octanol–water partition coefficient (Wildman–Crippen LogP) is 3.83. The second kappa shape index (κ2) is 6.33. The van der Waals surface area contributed by atoms with Crippen molar-refractivity contribution in [2.24, 2.45) is 11.8 Å².